The second kappa shape index (κ2) is 4.49. The van der Waals surface area contributed by atoms with Gasteiger partial charge in [-0.25, -0.2) is 4.79 Å². The Morgan fingerprint density at radius 1 is 1.14 bits per heavy atom. The number of anilines is 1. The third-order valence-electron chi connectivity index (χ3n) is 6.09. The zero-order valence-electron chi connectivity index (χ0n) is 12.5. The van der Waals surface area contributed by atoms with E-state index < -0.39 is 5.97 Å². The Morgan fingerprint density at radius 2 is 1.90 bits per heavy atom. The predicted molar refractivity (Wildman–Crippen MR) is 82.5 cm³/mol. The van der Waals surface area contributed by atoms with Crippen LogP contribution >= 0.6 is 0 Å². The number of rotatable bonds is 3. The summed E-state index contributed by atoms with van der Waals surface area (Å²) in [6.07, 6.45) is 6.86. The van der Waals surface area contributed by atoms with E-state index in [9.17, 15) is 4.79 Å². The van der Waals surface area contributed by atoms with Crippen LogP contribution in [0.3, 0.4) is 0 Å². The van der Waals surface area contributed by atoms with Crippen LogP contribution in [0.2, 0.25) is 0 Å². The van der Waals surface area contributed by atoms with Crippen molar-refractivity contribution in [1.29, 1.82) is 0 Å². The highest BCUT2D eigenvalue weighted by Gasteiger charge is 2.53. The molecular formula is C18H23NO2. The quantitative estimate of drug-likeness (QED) is 0.882. The smallest absolute Gasteiger partial charge is 0.335 e. The summed E-state index contributed by atoms with van der Waals surface area (Å²) in [6.45, 7) is 2.35. The lowest BCUT2D eigenvalue weighted by atomic mass is 9.62. The van der Waals surface area contributed by atoms with Crippen LogP contribution in [0.5, 0.6) is 0 Å². The van der Waals surface area contributed by atoms with Crippen LogP contribution in [0.4, 0.5) is 5.69 Å². The number of aromatic carboxylic acids is 1. The largest absolute Gasteiger partial charge is 0.478 e. The van der Waals surface area contributed by atoms with Crippen molar-refractivity contribution in [1.82, 2.24) is 0 Å². The minimum absolute atomic E-state index is 0.167. The lowest BCUT2D eigenvalue weighted by molar-refractivity contribution is 0.0697. The van der Waals surface area contributed by atoms with Crippen molar-refractivity contribution in [3.8, 4) is 0 Å². The van der Waals surface area contributed by atoms with E-state index in [2.05, 4.69) is 12.2 Å². The van der Waals surface area contributed by atoms with Gasteiger partial charge in [-0.05, 0) is 87.0 Å². The number of benzene rings is 1. The molecule has 1 aromatic rings. The zero-order valence-corrected chi connectivity index (χ0v) is 12.5. The molecule has 0 saturated heterocycles. The van der Waals surface area contributed by atoms with Gasteiger partial charge in [0.15, 0.2) is 0 Å². The van der Waals surface area contributed by atoms with Gasteiger partial charge in [0, 0.05) is 11.2 Å². The van der Waals surface area contributed by atoms with Crippen LogP contribution in [0.25, 0.3) is 0 Å². The molecule has 21 heavy (non-hydrogen) atoms. The van der Waals surface area contributed by atoms with Crippen molar-refractivity contribution >= 4 is 11.7 Å². The third kappa shape index (κ3) is 2.23. The normalized spacial score (nSPS) is 40.2. The number of hydrogen-bond donors (Lipinski definition) is 2. The average molecular weight is 285 g/mol. The Bertz CT molecular complexity index is 561. The Balaban J connectivity index is 1.51. The molecule has 0 aromatic heterocycles. The first-order valence-electron chi connectivity index (χ1n) is 8.14. The number of nitrogens with one attached hydrogen (secondary N) is 1. The van der Waals surface area contributed by atoms with E-state index in [1.807, 2.05) is 12.1 Å². The number of fused-ring (bicyclic) bond motifs is 1. The molecule has 5 atom stereocenters. The fourth-order valence-electron chi connectivity index (χ4n) is 5.34. The second-order valence-electron chi connectivity index (χ2n) is 7.73. The van der Waals surface area contributed by atoms with Gasteiger partial charge in [0.2, 0.25) is 0 Å². The van der Waals surface area contributed by atoms with E-state index in [0.29, 0.717) is 5.56 Å². The van der Waals surface area contributed by atoms with Crippen LogP contribution in [0.1, 0.15) is 49.4 Å². The van der Waals surface area contributed by atoms with Gasteiger partial charge >= 0.3 is 5.97 Å². The summed E-state index contributed by atoms with van der Waals surface area (Å²) in [7, 11) is 0. The van der Waals surface area contributed by atoms with E-state index in [4.69, 9.17) is 5.11 Å². The van der Waals surface area contributed by atoms with Crippen molar-refractivity contribution in [3.63, 3.8) is 0 Å². The first-order chi connectivity index (χ1) is 10.0. The van der Waals surface area contributed by atoms with Crippen molar-refractivity contribution in [2.45, 2.75) is 44.6 Å². The second-order valence-corrected chi connectivity index (χ2v) is 7.73. The fraction of sp³-hybridized carbons (Fsp3) is 0.611. The van der Waals surface area contributed by atoms with Crippen molar-refractivity contribution in [3.05, 3.63) is 29.8 Å². The summed E-state index contributed by atoms with van der Waals surface area (Å²) in [5, 5.41) is 12.7. The van der Waals surface area contributed by atoms with Crippen molar-refractivity contribution in [2.24, 2.45) is 23.7 Å². The lowest BCUT2D eigenvalue weighted by Crippen LogP contribution is -2.44. The number of carboxylic acid groups (broad SMARTS) is 1. The fourth-order valence-corrected chi connectivity index (χ4v) is 5.34. The van der Waals surface area contributed by atoms with Gasteiger partial charge in [-0.2, -0.15) is 0 Å². The van der Waals surface area contributed by atoms with E-state index in [1.165, 1.54) is 32.1 Å². The number of carbonyl (C=O) groups is 1. The topological polar surface area (TPSA) is 49.3 Å². The van der Waals surface area contributed by atoms with Gasteiger partial charge in [-0.1, -0.05) is 0 Å². The van der Waals surface area contributed by atoms with E-state index in [1.54, 1.807) is 12.1 Å². The Morgan fingerprint density at radius 3 is 2.62 bits per heavy atom. The molecule has 5 unspecified atom stereocenters. The van der Waals surface area contributed by atoms with Crippen molar-refractivity contribution < 1.29 is 9.90 Å². The molecule has 3 saturated carbocycles. The van der Waals surface area contributed by atoms with Crippen LogP contribution in [-0.2, 0) is 0 Å². The molecule has 3 fully saturated rings. The molecule has 0 radical (unpaired) electrons. The molecular weight excluding hydrogens is 262 g/mol. The summed E-state index contributed by atoms with van der Waals surface area (Å²) in [5.74, 6) is 2.99. The van der Waals surface area contributed by atoms with Gasteiger partial charge in [-0.3, -0.25) is 0 Å². The highest BCUT2D eigenvalue weighted by atomic mass is 16.4. The minimum Gasteiger partial charge on any atom is -0.478 e. The summed E-state index contributed by atoms with van der Waals surface area (Å²) in [4.78, 5) is 10.9. The van der Waals surface area contributed by atoms with Crippen molar-refractivity contribution in [2.75, 3.05) is 5.32 Å². The van der Waals surface area contributed by atoms with Gasteiger partial charge in [0.05, 0.1) is 5.56 Å². The molecule has 0 aliphatic heterocycles. The molecule has 0 spiro atoms. The molecule has 3 aliphatic rings. The first-order valence-corrected chi connectivity index (χ1v) is 8.14. The summed E-state index contributed by atoms with van der Waals surface area (Å²) in [5.41, 5.74) is 1.57. The summed E-state index contributed by atoms with van der Waals surface area (Å²) in [6, 6.07) is 7.19. The molecule has 4 rings (SSSR count). The lowest BCUT2D eigenvalue weighted by Gasteiger charge is -2.46. The molecule has 2 bridgehead atoms. The van der Waals surface area contributed by atoms with Gasteiger partial charge in [0.25, 0.3) is 0 Å². The van der Waals surface area contributed by atoms with E-state index in [0.717, 1.165) is 29.4 Å². The molecule has 2 N–H and O–H groups in total. The Hall–Kier alpha value is -1.51. The minimum atomic E-state index is -0.861. The molecule has 0 amide bonds. The third-order valence-corrected chi connectivity index (χ3v) is 6.09. The Labute approximate surface area is 125 Å². The Kier molecular flexibility index (Phi) is 2.82. The molecule has 3 nitrogen and oxygen atoms in total. The SMILES string of the molecule is CC1(Nc2ccc(C(=O)O)cc2)CC2CC3CC(C1)C3C2. The van der Waals surface area contributed by atoms with Crippen LogP contribution in [0, 0.1) is 23.7 Å². The monoisotopic (exact) mass is 285 g/mol. The number of carboxylic acids is 1. The molecule has 1 aromatic carbocycles. The van der Waals surface area contributed by atoms with Crippen LogP contribution in [-0.4, -0.2) is 16.6 Å². The maximum Gasteiger partial charge on any atom is 0.335 e. The van der Waals surface area contributed by atoms with Gasteiger partial charge in [-0.15, -0.1) is 0 Å². The van der Waals surface area contributed by atoms with E-state index >= 15 is 0 Å². The van der Waals surface area contributed by atoms with Crippen LogP contribution < -0.4 is 5.32 Å². The van der Waals surface area contributed by atoms with Gasteiger partial charge in [0.1, 0.15) is 0 Å². The average Bonchev–Trinajstić information content (AvgIpc) is 2.67. The van der Waals surface area contributed by atoms with Gasteiger partial charge < -0.3 is 10.4 Å². The maximum atomic E-state index is 10.9. The molecule has 3 heteroatoms. The maximum absolute atomic E-state index is 10.9. The number of hydrogen-bond acceptors (Lipinski definition) is 2. The standard InChI is InChI=1S/C18H23NO2/c1-18(19-15-4-2-12(3-5-15)17(20)21)9-11-6-13-8-14(10-18)16(13)7-11/h2-5,11,13-14,16,19H,6-10H2,1H3,(H,20,21). The van der Waals surface area contributed by atoms with Crippen LogP contribution in [0.15, 0.2) is 24.3 Å². The highest BCUT2D eigenvalue weighted by molar-refractivity contribution is 5.88. The molecule has 0 heterocycles. The zero-order chi connectivity index (χ0) is 14.6. The highest BCUT2D eigenvalue weighted by Crippen LogP contribution is 2.60. The molecule has 3 aliphatic carbocycles. The summed E-state index contributed by atoms with van der Waals surface area (Å²) < 4.78 is 0. The molecule has 112 valence electrons. The summed E-state index contributed by atoms with van der Waals surface area (Å²) >= 11 is 0. The predicted octanol–water partition coefficient (Wildman–Crippen LogP) is 4.01. The van der Waals surface area contributed by atoms with E-state index in [-0.39, 0.29) is 5.54 Å². The first kappa shape index (κ1) is 13.2.